The van der Waals surface area contributed by atoms with Crippen LogP contribution in [0.5, 0.6) is 17.2 Å². The number of aromatic nitrogens is 5. The fraction of sp³-hybridized carbons (Fsp3) is 0.207. The second-order valence-corrected chi connectivity index (χ2v) is 9.67. The number of likely N-dealkylation sites (tertiary alicyclic amines) is 1. The highest BCUT2D eigenvalue weighted by Crippen LogP contribution is 2.31. The van der Waals surface area contributed by atoms with Crippen molar-refractivity contribution in [2.45, 2.75) is 19.4 Å². The zero-order valence-corrected chi connectivity index (χ0v) is 22.2. The van der Waals surface area contributed by atoms with Crippen molar-refractivity contribution in [1.82, 2.24) is 29.9 Å². The van der Waals surface area contributed by atoms with Crippen LogP contribution in [0.4, 0.5) is 5.69 Å². The quantitative estimate of drug-likeness (QED) is 0.317. The van der Waals surface area contributed by atoms with Crippen molar-refractivity contribution in [1.29, 1.82) is 0 Å². The van der Waals surface area contributed by atoms with E-state index in [4.69, 9.17) is 9.47 Å². The molecular weight excluding hydrogens is 510 g/mol. The van der Waals surface area contributed by atoms with Gasteiger partial charge in [-0.2, -0.15) is 10.2 Å². The number of H-pyrrole nitrogens is 1. The van der Waals surface area contributed by atoms with Crippen LogP contribution in [0.1, 0.15) is 22.6 Å². The molecule has 11 heteroatoms. The van der Waals surface area contributed by atoms with E-state index in [1.54, 1.807) is 47.1 Å². The van der Waals surface area contributed by atoms with Crippen molar-refractivity contribution in [2.75, 3.05) is 18.9 Å². The average Bonchev–Trinajstić information content (AvgIpc) is 3.64. The minimum Gasteiger partial charge on any atom is -0.480 e. The fourth-order valence-electron chi connectivity index (χ4n) is 4.74. The van der Waals surface area contributed by atoms with Crippen LogP contribution < -0.4 is 14.8 Å². The van der Waals surface area contributed by atoms with Crippen molar-refractivity contribution >= 4 is 28.4 Å². The van der Waals surface area contributed by atoms with E-state index in [1.165, 1.54) is 0 Å². The van der Waals surface area contributed by atoms with E-state index in [-0.39, 0.29) is 11.8 Å². The summed E-state index contributed by atoms with van der Waals surface area (Å²) in [5, 5.41) is 15.0. The molecule has 0 aliphatic carbocycles. The number of aryl methyl sites for hydroxylation is 2. The first-order valence-electron chi connectivity index (χ1n) is 12.8. The second-order valence-electron chi connectivity index (χ2n) is 9.67. The Morgan fingerprint density at radius 1 is 1.05 bits per heavy atom. The third-order valence-corrected chi connectivity index (χ3v) is 6.75. The monoisotopic (exact) mass is 537 g/mol. The lowest BCUT2D eigenvalue weighted by atomic mass is 10.1. The first-order chi connectivity index (χ1) is 19.3. The van der Waals surface area contributed by atoms with Crippen molar-refractivity contribution in [2.24, 2.45) is 7.05 Å². The summed E-state index contributed by atoms with van der Waals surface area (Å²) in [6.45, 7) is 2.45. The van der Waals surface area contributed by atoms with Crippen molar-refractivity contribution in [3.05, 3.63) is 78.2 Å². The van der Waals surface area contributed by atoms with E-state index in [0.29, 0.717) is 47.3 Å². The molecule has 6 rings (SSSR count). The van der Waals surface area contributed by atoms with Gasteiger partial charge in [0.1, 0.15) is 23.1 Å². The Bertz CT molecular complexity index is 1720. The number of fused-ring (bicyclic) bond motifs is 1. The predicted octanol–water partition coefficient (Wildman–Crippen LogP) is 4.32. The van der Waals surface area contributed by atoms with Gasteiger partial charge in [-0.3, -0.25) is 14.7 Å². The van der Waals surface area contributed by atoms with Crippen LogP contribution in [0, 0.1) is 6.92 Å². The molecule has 0 radical (unpaired) electrons. The van der Waals surface area contributed by atoms with Crippen molar-refractivity contribution in [3.8, 4) is 28.6 Å². The van der Waals surface area contributed by atoms with Crippen LogP contribution >= 0.6 is 0 Å². The average molecular weight is 538 g/mol. The lowest BCUT2D eigenvalue weighted by molar-refractivity contribution is -0.132. The number of aromatic amines is 1. The first kappa shape index (κ1) is 25.1. The topological polar surface area (TPSA) is 127 Å². The van der Waals surface area contributed by atoms with Crippen molar-refractivity contribution in [3.63, 3.8) is 0 Å². The fourth-order valence-corrected chi connectivity index (χ4v) is 4.74. The molecule has 0 bridgehead atoms. The number of rotatable bonds is 7. The van der Waals surface area contributed by atoms with E-state index in [0.717, 1.165) is 22.3 Å². The Morgan fingerprint density at radius 3 is 2.58 bits per heavy atom. The third kappa shape index (κ3) is 4.96. The Hall–Kier alpha value is -5.19. The van der Waals surface area contributed by atoms with E-state index in [9.17, 15) is 9.59 Å². The summed E-state index contributed by atoms with van der Waals surface area (Å²) in [7, 11) is 3.59. The van der Waals surface area contributed by atoms with Gasteiger partial charge in [-0.15, -0.1) is 0 Å². The Kier molecular flexibility index (Phi) is 6.39. The molecule has 40 heavy (non-hydrogen) atoms. The van der Waals surface area contributed by atoms with Crippen molar-refractivity contribution < 1.29 is 19.1 Å². The van der Waals surface area contributed by atoms with Crippen LogP contribution in [0.15, 0.2) is 66.9 Å². The minimum atomic E-state index is -0.620. The molecule has 2 N–H and O–H groups in total. The summed E-state index contributed by atoms with van der Waals surface area (Å²) in [6.07, 6.45) is 1.60. The van der Waals surface area contributed by atoms with Crippen LogP contribution in [0.3, 0.4) is 0 Å². The molecular formula is C29H27N7O4. The molecule has 1 aliphatic rings. The van der Waals surface area contributed by atoms with Gasteiger partial charge in [-0.1, -0.05) is 6.07 Å². The molecule has 3 aromatic carbocycles. The molecule has 5 aromatic rings. The number of hydrogen-bond donors (Lipinski definition) is 2. The highest BCUT2D eigenvalue weighted by Gasteiger charge is 2.31. The van der Waals surface area contributed by atoms with E-state index < -0.39 is 6.10 Å². The molecule has 1 atom stereocenters. The molecule has 202 valence electrons. The minimum absolute atomic E-state index is 0.0986. The molecule has 1 unspecified atom stereocenters. The highest BCUT2D eigenvalue weighted by molar-refractivity contribution is 6.09. The Morgan fingerprint density at radius 2 is 1.85 bits per heavy atom. The van der Waals surface area contributed by atoms with Gasteiger partial charge < -0.3 is 19.7 Å². The summed E-state index contributed by atoms with van der Waals surface area (Å²) in [5.41, 5.74) is 2.64. The van der Waals surface area contributed by atoms with E-state index >= 15 is 0 Å². The zero-order chi connectivity index (χ0) is 27.8. The van der Waals surface area contributed by atoms with Gasteiger partial charge in [0.05, 0.1) is 17.4 Å². The Balaban J connectivity index is 1.29. The number of ether oxygens (including phenoxy) is 2. The molecule has 0 spiro atoms. The molecule has 0 saturated carbocycles. The molecule has 2 amide bonds. The Labute approximate surface area is 229 Å². The molecule has 1 fully saturated rings. The standard InChI is InChI=1S/C29H27N7O4/c1-17-31-27(36(3)34-17)18-7-9-20(10-8-18)39-21-13-19(14-22(15-21)40-26-11-12-35(2)29(26)38)28(37)32-24-5-4-6-25-23(24)16-30-33-25/h4-10,13-16,26H,11-12H2,1-3H3,(H,30,33)(H,32,37). The number of anilines is 1. The maximum absolute atomic E-state index is 13.4. The van der Waals surface area contributed by atoms with Gasteiger partial charge >= 0.3 is 0 Å². The van der Waals surface area contributed by atoms with Gasteiger partial charge in [-0.25, -0.2) is 9.67 Å². The molecule has 1 saturated heterocycles. The second kappa shape index (κ2) is 10.2. The number of carbonyl (C=O) groups is 2. The van der Waals surface area contributed by atoms with E-state index in [2.05, 4.69) is 25.6 Å². The maximum Gasteiger partial charge on any atom is 0.263 e. The van der Waals surface area contributed by atoms with E-state index in [1.807, 2.05) is 50.4 Å². The number of likely N-dealkylation sites (N-methyl/N-ethyl adjacent to an activating group) is 1. The highest BCUT2D eigenvalue weighted by atomic mass is 16.5. The summed E-state index contributed by atoms with van der Waals surface area (Å²) < 4.78 is 13.9. The number of benzene rings is 3. The summed E-state index contributed by atoms with van der Waals surface area (Å²) in [5.74, 6) is 2.30. The van der Waals surface area contributed by atoms with Crippen LogP contribution in [0.2, 0.25) is 0 Å². The van der Waals surface area contributed by atoms with Gasteiger partial charge in [0.25, 0.3) is 11.8 Å². The maximum atomic E-state index is 13.4. The molecule has 11 nitrogen and oxygen atoms in total. The normalized spacial score (nSPS) is 15.0. The first-order valence-corrected chi connectivity index (χ1v) is 12.8. The smallest absolute Gasteiger partial charge is 0.263 e. The van der Waals surface area contributed by atoms with Crippen LogP contribution in [-0.2, 0) is 11.8 Å². The zero-order valence-electron chi connectivity index (χ0n) is 22.2. The largest absolute Gasteiger partial charge is 0.480 e. The number of nitrogens with one attached hydrogen (secondary N) is 2. The van der Waals surface area contributed by atoms with Gasteiger partial charge in [0.2, 0.25) is 0 Å². The third-order valence-electron chi connectivity index (χ3n) is 6.75. The summed E-state index contributed by atoms with van der Waals surface area (Å²) in [6, 6.07) is 17.9. The molecule has 2 aromatic heterocycles. The number of amides is 2. The van der Waals surface area contributed by atoms with Gasteiger partial charge in [-0.05, 0) is 55.5 Å². The number of carbonyl (C=O) groups excluding carboxylic acids is 2. The number of nitrogens with zero attached hydrogens (tertiary/aromatic N) is 5. The molecule has 1 aliphatic heterocycles. The molecule has 3 heterocycles. The van der Waals surface area contributed by atoms with Crippen LogP contribution in [-0.4, -0.2) is 61.4 Å². The predicted molar refractivity (Wildman–Crippen MR) is 148 cm³/mol. The summed E-state index contributed by atoms with van der Waals surface area (Å²) >= 11 is 0. The lowest BCUT2D eigenvalue weighted by Gasteiger charge is -2.16. The van der Waals surface area contributed by atoms with Gasteiger partial charge in [0, 0.05) is 49.6 Å². The van der Waals surface area contributed by atoms with Crippen LogP contribution in [0.25, 0.3) is 22.3 Å². The van der Waals surface area contributed by atoms with Gasteiger partial charge in [0.15, 0.2) is 11.9 Å². The SMILES string of the molecule is Cc1nc(-c2ccc(Oc3cc(OC4CCN(C)C4=O)cc(C(=O)Nc4cccc5[nH]ncc45)c3)cc2)n(C)n1. The summed E-state index contributed by atoms with van der Waals surface area (Å²) in [4.78, 5) is 32.0. The number of hydrogen-bond acceptors (Lipinski definition) is 7. The lowest BCUT2D eigenvalue weighted by Crippen LogP contribution is -2.29.